The topological polar surface area (TPSA) is 40.8 Å². The number of nitrogens with zero attached hydrogens (tertiary/aromatic N) is 4. The summed E-state index contributed by atoms with van der Waals surface area (Å²) in [5.41, 5.74) is 4.13. The van der Waals surface area contributed by atoms with E-state index >= 15 is 0 Å². The molecule has 2 saturated heterocycles. The van der Waals surface area contributed by atoms with E-state index in [1.807, 2.05) is 43.5 Å². The molecule has 3 heterocycles. The molecule has 0 spiro atoms. The van der Waals surface area contributed by atoms with Gasteiger partial charge in [-0.3, -0.25) is 9.69 Å². The van der Waals surface area contributed by atoms with Crippen molar-refractivity contribution in [3.8, 4) is 5.69 Å². The second-order valence-corrected chi connectivity index (χ2v) is 10.3. The van der Waals surface area contributed by atoms with Crippen molar-refractivity contribution < 1.29 is 4.79 Å². The summed E-state index contributed by atoms with van der Waals surface area (Å²) in [5.74, 6) is -0.000238. The van der Waals surface area contributed by atoms with E-state index < -0.39 is 0 Å². The van der Waals surface area contributed by atoms with Gasteiger partial charge in [0.05, 0.1) is 10.6 Å². The third-order valence-corrected chi connectivity index (χ3v) is 7.70. The molecule has 2 aliphatic rings. The van der Waals surface area contributed by atoms with Crippen LogP contribution in [0.1, 0.15) is 31.9 Å². The Kier molecular flexibility index (Phi) is 6.92. The Bertz CT molecular complexity index is 1220. The van der Waals surface area contributed by atoms with Crippen molar-refractivity contribution in [2.75, 3.05) is 24.5 Å². The van der Waals surface area contributed by atoms with Gasteiger partial charge >= 0.3 is 0 Å². The second kappa shape index (κ2) is 10.2. The van der Waals surface area contributed by atoms with Gasteiger partial charge in [0.15, 0.2) is 5.17 Å². The standard InChI is InChI=1S/C27H27BrN4OS/c1-2-31-26(33)25(19-24-7-6-18-32(24)23-12-8-20(28)9-13-23)34-27(31)29-21-10-14-22(15-11-21)30-16-4-3-5-17-30/h6-15,18-19H,2-5,16-17H2,1H3/b25-19-,29-27?. The maximum Gasteiger partial charge on any atom is 0.266 e. The largest absolute Gasteiger partial charge is 0.372 e. The van der Waals surface area contributed by atoms with E-state index in [0.717, 1.165) is 39.8 Å². The van der Waals surface area contributed by atoms with Crippen molar-refractivity contribution in [3.05, 3.63) is 81.9 Å². The van der Waals surface area contributed by atoms with Gasteiger partial charge in [-0.25, -0.2) is 4.99 Å². The second-order valence-electron chi connectivity index (χ2n) is 8.40. The monoisotopic (exact) mass is 534 g/mol. The van der Waals surface area contributed by atoms with Crippen LogP contribution in [0.15, 0.2) is 81.2 Å². The molecule has 0 saturated carbocycles. The lowest BCUT2D eigenvalue weighted by Gasteiger charge is -2.28. The van der Waals surface area contributed by atoms with Gasteiger partial charge in [0.1, 0.15) is 0 Å². The van der Waals surface area contributed by atoms with Crippen LogP contribution in [0.3, 0.4) is 0 Å². The molecule has 2 aliphatic heterocycles. The van der Waals surface area contributed by atoms with Crippen LogP contribution >= 0.6 is 27.7 Å². The van der Waals surface area contributed by atoms with Crippen molar-refractivity contribution in [1.82, 2.24) is 9.47 Å². The first-order chi connectivity index (χ1) is 16.6. The van der Waals surface area contributed by atoms with Crippen LogP contribution in [-0.2, 0) is 4.79 Å². The van der Waals surface area contributed by atoms with Crippen molar-refractivity contribution >= 4 is 56.2 Å². The molecule has 0 atom stereocenters. The lowest BCUT2D eigenvalue weighted by atomic mass is 10.1. The Balaban J connectivity index is 1.39. The molecule has 5 nitrogen and oxygen atoms in total. The summed E-state index contributed by atoms with van der Waals surface area (Å²) in [4.78, 5) is 22.9. The van der Waals surface area contributed by atoms with Crippen LogP contribution in [0.25, 0.3) is 11.8 Å². The normalized spacial score (nSPS) is 18.9. The van der Waals surface area contributed by atoms with E-state index in [2.05, 4.69) is 61.8 Å². The molecule has 0 unspecified atom stereocenters. The fraction of sp³-hybridized carbons (Fsp3) is 0.259. The molecule has 2 fully saturated rings. The van der Waals surface area contributed by atoms with E-state index in [0.29, 0.717) is 11.4 Å². The number of halogens is 1. The van der Waals surface area contributed by atoms with Gasteiger partial charge in [0, 0.05) is 47.4 Å². The highest BCUT2D eigenvalue weighted by Gasteiger charge is 2.32. The molecule has 34 heavy (non-hydrogen) atoms. The first-order valence-electron chi connectivity index (χ1n) is 11.7. The fourth-order valence-electron chi connectivity index (χ4n) is 4.35. The number of hydrogen-bond donors (Lipinski definition) is 0. The highest BCUT2D eigenvalue weighted by Crippen LogP contribution is 2.35. The number of carbonyl (C=O) groups excluding carboxylic acids is 1. The highest BCUT2D eigenvalue weighted by atomic mass is 79.9. The minimum atomic E-state index is -0.000238. The molecule has 174 valence electrons. The zero-order valence-corrected chi connectivity index (χ0v) is 21.6. The first-order valence-corrected chi connectivity index (χ1v) is 13.3. The third kappa shape index (κ3) is 4.86. The van der Waals surface area contributed by atoms with Crippen LogP contribution in [0.4, 0.5) is 11.4 Å². The van der Waals surface area contributed by atoms with Crippen molar-refractivity contribution in [2.24, 2.45) is 4.99 Å². The lowest BCUT2D eigenvalue weighted by Crippen LogP contribution is -2.29. The Labute approximate surface area is 213 Å². The summed E-state index contributed by atoms with van der Waals surface area (Å²) < 4.78 is 3.12. The number of hydrogen-bond acceptors (Lipinski definition) is 4. The van der Waals surface area contributed by atoms with Crippen molar-refractivity contribution in [3.63, 3.8) is 0 Å². The molecule has 3 aromatic rings. The Morgan fingerprint density at radius 2 is 1.68 bits per heavy atom. The van der Waals surface area contributed by atoms with E-state index in [4.69, 9.17) is 4.99 Å². The smallest absolute Gasteiger partial charge is 0.266 e. The fourth-order valence-corrected chi connectivity index (χ4v) is 5.67. The number of carbonyl (C=O) groups is 1. The maximum absolute atomic E-state index is 13.2. The molecule has 0 aliphatic carbocycles. The summed E-state index contributed by atoms with van der Waals surface area (Å²) in [5, 5.41) is 0.728. The van der Waals surface area contributed by atoms with E-state index in [1.54, 1.807) is 4.90 Å². The number of aliphatic imine (C=N–C) groups is 1. The molecule has 1 amide bonds. The predicted octanol–water partition coefficient (Wildman–Crippen LogP) is 6.85. The molecule has 7 heteroatoms. The molecular formula is C27H27BrN4OS. The average Bonchev–Trinajstić information content (AvgIpc) is 3.45. The highest BCUT2D eigenvalue weighted by molar-refractivity contribution is 9.10. The SMILES string of the molecule is CCN1C(=O)/C(=C/c2cccn2-c2ccc(Br)cc2)SC1=Nc1ccc(N2CCCCC2)cc1. The third-order valence-electron chi connectivity index (χ3n) is 6.16. The summed E-state index contributed by atoms with van der Waals surface area (Å²) in [6, 6.07) is 20.5. The van der Waals surface area contributed by atoms with Crippen LogP contribution in [-0.4, -0.2) is 40.2 Å². The number of thioether (sulfide) groups is 1. The molecule has 2 aromatic carbocycles. The zero-order valence-electron chi connectivity index (χ0n) is 19.2. The number of piperidine rings is 1. The lowest BCUT2D eigenvalue weighted by molar-refractivity contribution is -0.122. The van der Waals surface area contributed by atoms with Gasteiger partial charge in [-0.15, -0.1) is 0 Å². The molecule has 1 aromatic heterocycles. The maximum atomic E-state index is 13.2. The summed E-state index contributed by atoms with van der Waals surface area (Å²) >= 11 is 4.93. The summed E-state index contributed by atoms with van der Waals surface area (Å²) in [6.07, 6.45) is 7.81. The van der Waals surface area contributed by atoms with Gasteiger partial charge in [-0.05, 0) is 105 Å². The van der Waals surface area contributed by atoms with Gasteiger partial charge in [-0.2, -0.15) is 0 Å². The van der Waals surface area contributed by atoms with Crippen molar-refractivity contribution in [2.45, 2.75) is 26.2 Å². The number of anilines is 1. The summed E-state index contributed by atoms with van der Waals surface area (Å²) in [7, 11) is 0. The Morgan fingerprint density at radius 1 is 0.971 bits per heavy atom. The minimum Gasteiger partial charge on any atom is -0.372 e. The van der Waals surface area contributed by atoms with Gasteiger partial charge in [-0.1, -0.05) is 15.9 Å². The first kappa shape index (κ1) is 23.0. The molecule has 5 rings (SSSR count). The quantitative estimate of drug-likeness (QED) is 0.336. The van der Waals surface area contributed by atoms with Crippen LogP contribution < -0.4 is 4.90 Å². The number of likely N-dealkylation sites (N-methyl/N-ethyl adjacent to an activating group) is 1. The summed E-state index contributed by atoms with van der Waals surface area (Å²) in [6.45, 7) is 4.82. The average molecular weight is 536 g/mol. The minimum absolute atomic E-state index is 0.000238. The number of benzene rings is 2. The molecule has 0 radical (unpaired) electrons. The Morgan fingerprint density at radius 3 is 2.38 bits per heavy atom. The zero-order chi connectivity index (χ0) is 23.5. The number of amidine groups is 1. The number of aromatic nitrogens is 1. The van der Waals surface area contributed by atoms with Crippen LogP contribution in [0.5, 0.6) is 0 Å². The van der Waals surface area contributed by atoms with Gasteiger partial charge in [0.25, 0.3) is 5.91 Å². The number of rotatable bonds is 5. The van der Waals surface area contributed by atoms with E-state index in [9.17, 15) is 4.79 Å². The van der Waals surface area contributed by atoms with E-state index in [1.165, 1.54) is 36.7 Å². The van der Waals surface area contributed by atoms with Crippen molar-refractivity contribution in [1.29, 1.82) is 0 Å². The number of amides is 1. The molecule has 0 N–H and O–H groups in total. The molecule has 0 bridgehead atoms. The predicted molar refractivity (Wildman–Crippen MR) is 146 cm³/mol. The molecular weight excluding hydrogens is 508 g/mol. The van der Waals surface area contributed by atoms with Gasteiger partial charge in [0.2, 0.25) is 0 Å². The van der Waals surface area contributed by atoms with Gasteiger partial charge < -0.3 is 9.47 Å². The van der Waals surface area contributed by atoms with Crippen LogP contribution in [0.2, 0.25) is 0 Å². The van der Waals surface area contributed by atoms with E-state index in [-0.39, 0.29) is 5.91 Å². The Hall–Kier alpha value is -2.77. The van der Waals surface area contributed by atoms with Crippen LogP contribution in [0, 0.1) is 0 Å².